The average molecular weight is 952 g/mol. The van der Waals surface area contributed by atoms with Gasteiger partial charge in [-0.05, 0) is 77.0 Å². The number of carbonyl (C=O) groups is 2. The number of unbranched alkanes of at least 4 members (excludes halogenated alkanes) is 15. The highest BCUT2D eigenvalue weighted by molar-refractivity contribution is 5.80. The standard InChI is InChI=1S/C57H93NO10/c1-4-7-10-13-16-19-22-24-26-29-32-35-38-41-44-50(61)56(65)58-48(49(60)43-40-37-34-31-28-21-18-15-12-9-6-3)47-66-57-55(54(64)53(63)51(46-59)67-57)68-52(62)45-42-39-36-33-30-27-25-23-20-17-14-11-8-5-2/h7-8,10-11,13,16-17,19-20,22,24-27,29,32,40,43,48-51,53-55,57,59-61,63-64H,4-6,9,12,14-15,18,21,23,28,30-31,33-39,41-42,44-47H2,1-3H3,(H,58,65)/b10-7+,11-8+,16-13+,20-17+,22-19-,26-24-,27-25+,32-29+,43-40+. The van der Waals surface area contributed by atoms with Crippen molar-refractivity contribution in [3.63, 3.8) is 0 Å². The Morgan fingerprint density at radius 2 is 1.13 bits per heavy atom. The SMILES string of the molecule is CC/C=C/C=C/C=C\C=C/C=C/CCCCC(O)C(=O)NC(COC1OC(CO)C(O)C(O)C1OC(=O)CCCCCC/C=C/C/C=C/C/C=C/CC)C(O)/C=C/CCCCCCCCCCC. The van der Waals surface area contributed by atoms with E-state index in [1.807, 2.05) is 60.8 Å². The second-order valence-electron chi connectivity index (χ2n) is 17.6. The molecular weight excluding hydrogens is 859 g/mol. The van der Waals surface area contributed by atoms with Crippen LogP contribution < -0.4 is 5.32 Å². The minimum Gasteiger partial charge on any atom is -0.454 e. The molecule has 0 bridgehead atoms. The second kappa shape index (κ2) is 44.5. The molecular formula is C57H93NO10. The van der Waals surface area contributed by atoms with Crippen LogP contribution in [0.2, 0.25) is 0 Å². The van der Waals surface area contributed by atoms with E-state index in [4.69, 9.17) is 14.2 Å². The first-order valence-corrected chi connectivity index (χ1v) is 26.2. The molecule has 0 aliphatic carbocycles. The maximum absolute atomic E-state index is 13.3. The molecule has 68 heavy (non-hydrogen) atoms. The first-order chi connectivity index (χ1) is 33.2. The fraction of sp³-hybridized carbons (Fsp3) is 0.649. The molecule has 6 N–H and O–H groups in total. The molecule has 1 heterocycles. The van der Waals surface area contributed by atoms with Crippen molar-refractivity contribution in [2.24, 2.45) is 0 Å². The number of amides is 1. The van der Waals surface area contributed by atoms with Crippen molar-refractivity contribution in [3.05, 3.63) is 109 Å². The van der Waals surface area contributed by atoms with Crippen LogP contribution in [0.25, 0.3) is 0 Å². The number of aliphatic hydroxyl groups is 5. The van der Waals surface area contributed by atoms with Crippen LogP contribution in [0.3, 0.4) is 0 Å². The van der Waals surface area contributed by atoms with E-state index >= 15 is 0 Å². The number of hydrogen-bond donors (Lipinski definition) is 6. The Balaban J connectivity index is 2.83. The highest BCUT2D eigenvalue weighted by Gasteiger charge is 2.47. The van der Waals surface area contributed by atoms with Crippen LogP contribution in [0.5, 0.6) is 0 Å². The Kier molecular flexibility index (Phi) is 40.8. The third-order valence-corrected chi connectivity index (χ3v) is 11.5. The van der Waals surface area contributed by atoms with E-state index in [9.17, 15) is 35.1 Å². The van der Waals surface area contributed by atoms with E-state index in [0.717, 1.165) is 89.9 Å². The van der Waals surface area contributed by atoms with Crippen LogP contribution in [-0.2, 0) is 23.8 Å². The van der Waals surface area contributed by atoms with Crippen molar-refractivity contribution in [3.8, 4) is 0 Å². The van der Waals surface area contributed by atoms with Gasteiger partial charge in [-0.3, -0.25) is 9.59 Å². The quantitative estimate of drug-likeness (QED) is 0.0150. The molecule has 11 heteroatoms. The number of ether oxygens (including phenoxy) is 3. The molecule has 0 saturated carbocycles. The number of hydrogen-bond acceptors (Lipinski definition) is 10. The van der Waals surface area contributed by atoms with Crippen molar-refractivity contribution >= 4 is 11.9 Å². The molecule has 11 nitrogen and oxygen atoms in total. The normalized spacial score (nSPS) is 20.9. The van der Waals surface area contributed by atoms with Gasteiger partial charge in [-0.15, -0.1) is 0 Å². The van der Waals surface area contributed by atoms with E-state index in [0.29, 0.717) is 12.8 Å². The van der Waals surface area contributed by atoms with E-state index < -0.39 is 67.4 Å². The van der Waals surface area contributed by atoms with Crippen LogP contribution in [0.1, 0.15) is 175 Å². The van der Waals surface area contributed by atoms with Gasteiger partial charge in [0.05, 0.1) is 25.4 Å². The molecule has 1 aliphatic rings. The second-order valence-corrected chi connectivity index (χ2v) is 17.6. The van der Waals surface area contributed by atoms with Crippen molar-refractivity contribution in [2.75, 3.05) is 13.2 Å². The molecule has 1 amide bonds. The van der Waals surface area contributed by atoms with Gasteiger partial charge < -0.3 is 45.1 Å². The first kappa shape index (κ1) is 62.3. The third-order valence-electron chi connectivity index (χ3n) is 11.5. The lowest BCUT2D eigenvalue weighted by Crippen LogP contribution is -2.61. The molecule has 1 saturated heterocycles. The van der Waals surface area contributed by atoms with E-state index in [2.05, 4.69) is 68.6 Å². The van der Waals surface area contributed by atoms with Crippen molar-refractivity contribution < 1.29 is 49.3 Å². The van der Waals surface area contributed by atoms with Gasteiger partial charge >= 0.3 is 5.97 Å². The molecule has 0 aromatic rings. The molecule has 1 fully saturated rings. The Morgan fingerprint density at radius 3 is 1.76 bits per heavy atom. The maximum atomic E-state index is 13.3. The van der Waals surface area contributed by atoms with Gasteiger partial charge in [-0.1, -0.05) is 201 Å². The van der Waals surface area contributed by atoms with Crippen LogP contribution in [0.15, 0.2) is 109 Å². The highest BCUT2D eigenvalue weighted by atomic mass is 16.7. The maximum Gasteiger partial charge on any atom is 0.306 e. The number of esters is 1. The zero-order chi connectivity index (χ0) is 49.7. The smallest absolute Gasteiger partial charge is 0.306 e. The topological polar surface area (TPSA) is 175 Å². The lowest BCUT2D eigenvalue weighted by Gasteiger charge is -2.41. The fourth-order valence-corrected chi connectivity index (χ4v) is 7.39. The Bertz CT molecular complexity index is 1510. The van der Waals surface area contributed by atoms with Gasteiger partial charge in [-0.25, -0.2) is 0 Å². The number of rotatable bonds is 41. The van der Waals surface area contributed by atoms with Gasteiger partial charge in [0.15, 0.2) is 12.4 Å². The zero-order valence-corrected chi connectivity index (χ0v) is 42.2. The Morgan fingerprint density at radius 1 is 0.603 bits per heavy atom. The lowest BCUT2D eigenvalue weighted by molar-refractivity contribution is -0.305. The van der Waals surface area contributed by atoms with Gasteiger partial charge in [0, 0.05) is 6.42 Å². The minimum absolute atomic E-state index is 0.0855. The van der Waals surface area contributed by atoms with Crippen molar-refractivity contribution in [1.82, 2.24) is 5.32 Å². The van der Waals surface area contributed by atoms with Gasteiger partial charge in [-0.2, -0.15) is 0 Å². The van der Waals surface area contributed by atoms with Crippen molar-refractivity contribution in [2.45, 2.75) is 224 Å². The lowest BCUT2D eigenvalue weighted by atomic mass is 9.99. The predicted molar refractivity (Wildman–Crippen MR) is 278 cm³/mol. The minimum atomic E-state index is -1.64. The van der Waals surface area contributed by atoms with Gasteiger partial charge in [0.1, 0.15) is 24.4 Å². The van der Waals surface area contributed by atoms with E-state index in [1.165, 1.54) is 38.5 Å². The first-order valence-electron chi connectivity index (χ1n) is 26.2. The summed E-state index contributed by atoms with van der Waals surface area (Å²) < 4.78 is 17.5. The summed E-state index contributed by atoms with van der Waals surface area (Å²) in [5.74, 6) is -1.28. The molecule has 0 radical (unpaired) electrons. The molecule has 0 aromatic heterocycles. The summed E-state index contributed by atoms with van der Waals surface area (Å²) in [4.78, 5) is 26.3. The van der Waals surface area contributed by atoms with E-state index in [-0.39, 0.29) is 19.4 Å². The molecule has 8 atom stereocenters. The zero-order valence-electron chi connectivity index (χ0n) is 42.2. The van der Waals surface area contributed by atoms with Gasteiger partial charge in [0.25, 0.3) is 0 Å². The summed E-state index contributed by atoms with van der Waals surface area (Å²) in [6.45, 7) is 5.43. The summed E-state index contributed by atoms with van der Waals surface area (Å²) in [6.07, 6.45) is 48.6. The highest BCUT2D eigenvalue weighted by Crippen LogP contribution is 2.26. The van der Waals surface area contributed by atoms with E-state index in [1.54, 1.807) is 6.08 Å². The Hall–Kier alpha value is -3.68. The van der Waals surface area contributed by atoms with Crippen LogP contribution in [0, 0.1) is 0 Å². The molecule has 1 rings (SSSR count). The van der Waals surface area contributed by atoms with Crippen LogP contribution in [0.4, 0.5) is 0 Å². The average Bonchev–Trinajstić information content (AvgIpc) is 3.33. The summed E-state index contributed by atoms with van der Waals surface area (Å²) in [6, 6.07) is -1.06. The monoisotopic (exact) mass is 952 g/mol. The largest absolute Gasteiger partial charge is 0.454 e. The predicted octanol–water partition coefficient (Wildman–Crippen LogP) is 11.0. The molecule has 0 spiro atoms. The number of aliphatic hydroxyl groups excluding tert-OH is 5. The van der Waals surface area contributed by atoms with Gasteiger partial charge in [0.2, 0.25) is 5.91 Å². The van der Waals surface area contributed by atoms with Crippen LogP contribution >= 0.6 is 0 Å². The molecule has 0 aromatic carbocycles. The summed E-state index contributed by atoms with van der Waals surface area (Å²) in [5.41, 5.74) is 0. The molecule has 386 valence electrons. The number of carbonyl (C=O) groups excluding carboxylic acids is 2. The number of allylic oxidation sites excluding steroid dienone is 17. The van der Waals surface area contributed by atoms with Crippen LogP contribution in [-0.4, -0.2) is 99.6 Å². The Labute approximate surface area is 411 Å². The summed E-state index contributed by atoms with van der Waals surface area (Å²) in [5, 5.41) is 56.5. The summed E-state index contributed by atoms with van der Waals surface area (Å²) in [7, 11) is 0. The molecule has 8 unspecified atom stereocenters. The summed E-state index contributed by atoms with van der Waals surface area (Å²) >= 11 is 0. The third kappa shape index (κ3) is 33.0. The fourth-order valence-electron chi connectivity index (χ4n) is 7.39. The number of nitrogens with one attached hydrogen (secondary N) is 1. The molecule has 1 aliphatic heterocycles. The van der Waals surface area contributed by atoms with Crippen molar-refractivity contribution in [1.29, 1.82) is 0 Å².